The number of hydrogen-bond acceptors (Lipinski definition) is 3. The molecule has 2 atom stereocenters. The third-order valence-corrected chi connectivity index (χ3v) is 3.11. The highest BCUT2D eigenvalue weighted by Crippen LogP contribution is 2.13. The minimum atomic E-state index is -0.625. The second-order valence-electron chi connectivity index (χ2n) is 5.09. The van der Waals surface area contributed by atoms with Gasteiger partial charge < -0.3 is 16.4 Å². The summed E-state index contributed by atoms with van der Waals surface area (Å²) in [6, 6.07) is -0.513. The third-order valence-electron chi connectivity index (χ3n) is 3.11. The van der Waals surface area contributed by atoms with Crippen molar-refractivity contribution >= 4 is 24.2 Å². The summed E-state index contributed by atoms with van der Waals surface area (Å²) in [6.07, 6.45) is 0.855. The molecule has 0 fully saturated rings. The van der Waals surface area contributed by atoms with Crippen LogP contribution < -0.4 is 16.4 Å². The van der Waals surface area contributed by atoms with Gasteiger partial charge in [-0.15, -0.1) is 12.4 Å². The monoisotopic (exact) mass is 279 g/mol. The van der Waals surface area contributed by atoms with Gasteiger partial charge in [0.05, 0.1) is 11.5 Å². The predicted molar refractivity (Wildman–Crippen MR) is 75.5 cm³/mol. The number of rotatable bonds is 6. The Balaban J connectivity index is 0. The summed E-state index contributed by atoms with van der Waals surface area (Å²) in [7, 11) is 1.58. The third kappa shape index (κ3) is 5.69. The van der Waals surface area contributed by atoms with E-state index >= 15 is 0 Å². The van der Waals surface area contributed by atoms with Crippen molar-refractivity contribution in [3.05, 3.63) is 0 Å². The zero-order valence-corrected chi connectivity index (χ0v) is 12.7. The van der Waals surface area contributed by atoms with Crippen molar-refractivity contribution in [1.82, 2.24) is 10.6 Å². The topological polar surface area (TPSA) is 84.2 Å². The number of hydrogen-bond donors (Lipinski definition) is 3. The molecular weight excluding hydrogens is 254 g/mol. The van der Waals surface area contributed by atoms with Crippen LogP contribution in [0, 0.1) is 11.3 Å². The van der Waals surface area contributed by atoms with E-state index in [-0.39, 0.29) is 36.7 Å². The van der Waals surface area contributed by atoms with Gasteiger partial charge in [0.2, 0.25) is 11.8 Å². The Morgan fingerprint density at radius 1 is 1.33 bits per heavy atom. The first-order valence-corrected chi connectivity index (χ1v) is 6.01. The molecule has 0 aromatic heterocycles. The van der Waals surface area contributed by atoms with Crippen LogP contribution in [0.1, 0.15) is 34.1 Å². The maximum Gasteiger partial charge on any atom is 0.237 e. The van der Waals surface area contributed by atoms with Gasteiger partial charge in [0, 0.05) is 13.6 Å². The number of carbonyl (C=O) groups excluding carboxylic acids is 2. The fourth-order valence-corrected chi connectivity index (χ4v) is 1.36. The molecule has 108 valence electrons. The van der Waals surface area contributed by atoms with E-state index in [9.17, 15) is 9.59 Å². The van der Waals surface area contributed by atoms with E-state index in [4.69, 9.17) is 5.73 Å². The van der Waals surface area contributed by atoms with Crippen LogP contribution in [0.3, 0.4) is 0 Å². The first kappa shape index (κ1) is 19.5. The maximum absolute atomic E-state index is 11.7. The molecule has 0 saturated heterocycles. The molecule has 0 rings (SSSR count). The molecule has 2 amide bonds. The summed E-state index contributed by atoms with van der Waals surface area (Å²) in [5, 5.41) is 5.30. The highest BCUT2D eigenvalue weighted by Gasteiger charge is 2.28. The Morgan fingerprint density at radius 3 is 2.22 bits per heavy atom. The van der Waals surface area contributed by atoms with Crippen LogP contribution in [0.2, 0.25) is 0 Å². The van der Waals surface area contributed by atoms with Gasteiger partial charge in [-0.1, -0.05) is 20.3 Å². The van der Waals surface area contributed by atoms with Crippen molar-refractivity contribution in [2.45, 2.75) is 40.2 Å². The van der Waals surface area contributed by atoms with Crippen LogP contribution in [0.25, 0.3) is 0 Å². The number of nitrogens with one attached hydrogen (secondary N) is 2. The zero-order chi connectivity index (χ0) is 13.6. The number of carbonyl (C=O) groups is 2. The molecule has 4 N–H and O–H groups in total. The Kier molecular flexibility index (Phi) is 9.03. The Bertz CT molecular complexity index is 282. The molecular formula is C12H26ClN3O2. The lowest BCUT2D eigenvalue weighted by Gasteiger charge is -2.25. The molecule has 0 aromatic rings. The molecule has 0 spiro atoms. The van der Waals surface area contributed by atoms with E-state index in [2.05, 4.69) is 10.6 Å². The minimum Gasteiger partial charge on any atom is -0.359 e. The predicted octanol–water partition coefficient (Wildman–Crippen LogP) is 0.670. The fraction of sp³-hybridized carbons (Fsp3) is 0.833. The van der Waals surface area contributed by atoms with Gasteiger partial charge in [-0.2, -0.15) is 0 Å². The van der Waals surface area contributed by atoms with Crippen LogP contribution >= 0.6 is 12.4 Å². The van der Waals surface area contributed by atoms with Gasteiger partial charge in [0.25, 0.3) is 0 Å². The van der Waals surface area contributed by atoms with Gasteiger partial charge in [0.1, 0.15) is 0 Å². The average molecular weight is 280 g/mol. The lowest BCUT2D eigenvalue weighted by molar-refractivity contribution is -0.129. The average Bonchev–Trinajstić information content (AvgIpc) is 2.32. The summed E-state index contributed by atoms with van der Waals surface area (Å²) in [5.74, 6) is -0.163. The zero-order valence-electron chi connectivity index (χ0n) is 11.9. The minimum absolute atomic E-state index is 0. The quantitative estimate of drug-likeness (QED) is 0.668. The van der Waals surface area contributed by atoms with Crippen LogP contribution in [0.5, 0.6) is 0 Å². The molecule has 0 radical (unpaired) electrons. The summed E-state index contributed by atoms with van der Waals surface area (Å²) in [5.41, 5.74) is 5.17. The first-order valence-electron chi connectivity index (χ1n) is 6.01. The molecule has 0 aliphatic heterocycles. The van der Waals surface area contributed by atoms with Gasteiger partial charge in [-0.3, -0.25) is 9.59 Å². The molecule has 0 aliphatic carbocycles. The fourth-order valence-electron chi connectivity index (χ4n) is 1.36. The first-order chi connectivity index (χ1) is 7.76. The lowest BCUT2D eigenvalue weighted by atomic mass is 9.91. The maximum atomic E-state index is 11.7. The highest BCUT2D eigenvalue weighted by atomic mass is 35.5. The van der Waals surface area contributed by atoms with E-state index in [1.165, 1.54) is 0 Å². The number of amides is 2. The van der Waals surface area contributed by atoms with Crippen molar-refractivity contribution < 1.29 is 9.59 Å². The molecule has 0 bridgehead atoms. The van der Waals surface area contributed by atoms with Crippen molar-refractivity contribution in [3.8, 4) is 0 Å². The van der Waals surface area contributed by atoms with E-state index in [0.717, 1.165) is 6.42 Å². The summed E-state index contributed by atoms with van der Waals surface area (Å²) < 4.78 is 0. The van der Waals surface area contributed by atoms with Crippen LogP contribution in [-0.4, -0.2) is 31.4 Å². The second-order valence-corrected chi connectivity index (χ2v) is 5.09. The molecule has 0 aromatic carbocycles. The number of halogens is 1. The standard InChI is InChI=1S/C12H25N3O2.ClH/c1-6-8(2)9(13)10(16)15-7-12(3,4)11(17)14-5;/h8-9H,6-7,13H2,1-5H3,(H,14,17)(H,15,16);1H. The van der Waals surface area contributed by atoms with Crippen LogP contribution in [0.4, 0.5) is 0 Å². The second kappa shape index (κ2) is 8.32. The highest BCUT2D eigenvalue weighted by molar-refractivity contribution is 5.85. The van der Waals surface area contributed by atoms with E-state index in [1.54, 1.807) is 20.9 Å². The van der Waals surface area contributed by atoms with Gasteiger partial charge in [-0.05, 0) is 19.8 Å². The normalized spacial score (nSPS) is 14.1. The lowest BCUT2D eigenvalue weighted by Crippen LogP contribution is -2.50. The molecule has 0 saturated carbocycles. The Morgan fingerprint density at radius 2 is 1.83 bits per heavy atom. The molecule has 2 unspecified atom stereocenters. The van der Waals surface area contributed by atoms with Crippen molar-refractivity contribution in [2.75, 3.05) is 13.6 Å². The summed E-state index contributed by atoms with van der Waals surface area (Å²) >= 11 is 0. The van der Waals surface area contributed by atoms with Gasteiger partial charge >= 0.3 is 0 Å². The smallest absolute Gasteiger partial charge is 0.237 e. The Labute approximate surface area is 116 Å². The van der Waals surface area contributed by atoms with E-state index in [0.29, 0.717) is 0 Å². The molecule has 5 nitrogen and oxygen atoms in total. The van der Waals surface area contributed by atoms with Crippen molar-refractivity contribution in [1.29, 1.82) is 0 Å². The Hall–Kier alpha value is -0.810. The van der Waals surface area contributed by atoms with Crippen LogP contribution in [-0.2, 0) is 9.59 Å². The van der Waals surface area contributed by atoms with Crippen molar-refractivity contribution in [3.63, 3.8) is 0 Å². The van der Waals surface area contributed by atoms with Gasteiger partial charge in [0.15, 0.2) is 0 Å². The summed E-state index contributed by atoms with van der Waals surface area (Å²) in [6.45, 7) is 7.78. The molecule has 0 heterocycles. The van der Waals surface area contributed by atoms with Gasteiger partial charge in [-0.25, -0.2) is 0 Å². The van der Waals surface area contributed by atoms with E-state index < -0.39 is 11.5 Å². The van der Waals surface area contributed by atoms with E-state index in [1.807, 2.05) is 13.8 Å². The summed E-state index contributed by atoms with van der Waals surface area (Å²) in [4.78, 5) is 23.2. The molecule has 18 heavy (non-hydrogen) atoms. The largest absolute Gasteiger partial charge is 0.359 e. The molecule has 0 aliphatic rings. The van der Waals surface area contributed by atoms with Crippen LogP contribution in [0.15, 0.2) is 0 Å². The van der Waals surface area contributed by atoms with Crippen molar-refractivity contribution in [2.24, 2.45) is 17.1 Å². The number of nitrogens with two attached hydrogens (primary N) is 1. The molecule has 6 heteroatoms. The SMILES string of the molecule is CCC(C)C(N)C(=O)NCC(C)(C)C(=O)NC.Cl.